The molecule has 238 valence electrons. The zero-order valence-corrected chi connectivity index (χ0v) is 27.7. The summed E-state index contributed by atoms with van der Waals surface area (Å²) in [6.07, 6.45) is 12.8. The number of fused-ring (bicyclic) bond motifs is 6. The molecule has 10 rings (SSSR count). The van der Waals surface area contributed by atoms with Gasteiger partial charge in [0, 0.05) is 75.3 Å². The summed E-state index contributed by atoms with van der Waals surface area (Å²) in [4.78, 5) is 8.75. The number of aromatic nitrogens is 4. The maximum absolute atomic E-state index is 4.38. The summed E-state index contributed by atoms with van der Waals surface area (Å²) in [7, 11) is 0. The van der Waals surface area contributed by atoms with Crippen molar-refractivity contribution in [3.05, 3.63) is 199 Å². The van der Waals surface area contributed by atoms with Crippen molar-refractivity contribution in [2.24, 2.45) is 0 Å². The van der Waals surface area contributed by atoms with Gasteiger partial charge in [0.05, 0.1) is 22.1 Å². The maximum atomic E-state index is 4.38. The number of allylic oxidation sites excluding steroid dienone is 4. The van der Waals surface area contributed by atoms with Crippen LogP contribution in [0.2, 0.25) is 0 Å². The van der Waals surface area contributed by atoms with Crippen LogP contribution in [0.4, 0.5) is 0 Å². The van der Waals surface area contributed by atoms with Crippen molar-refractivity contribution in [3.63, 3.8) is 0 Å². The van der Waals surface area contributed by atoms with Gasteiger partial charge in [0.2, 0.25) is 0 Å². The topological polar surface area (TPSA) is 35.6 Å². The minimum absolute atomic E-state index is 0.806. The fourth-order valence-corrected chi connectivity index (χ4v) is 7.50. The van der Waals surface area contributed by atoms with E-state index in [2.05, 4.69) is 176 Å². The van der Waals surface area contributed by atoms with E-state index in [0.29, 0.717) is 0 Å². The van der Waals surface area contributed by atoms with E-state index in [1.807, 2.05) is 24.8 Å². The fourth-order valence-electron chi connectivity index (χ4n) is 7.50. The van der Waals surface area contributed by atoms with Gasteiger partial charge in [-0.2, -0.15) is 0 Å². The summed E-state index contributed by atoms with van der Waals surface area (Å²) in [6.45, 7) is 0. The Kier molecular flexibility index (Phi) is 6.75. The predicted octanol–water partition coefficient (Wildman–Crippen LogP) is 11.2. The number of pyridine rings is 2. The van der Waals surface area contributed by atoms with Crippen molar-refractivity contribution >= 4 is 49.2 Å². The number of hydrogen-bond acceptors (Lipinski definition) is 2. The molecule has 0 fully saturated rings. The summed E-state index contributed by atoms with van der Waals surface area (Å²) >= 11 is 0. The lowest BCUT2D eigenvalue weighted by molar-refractivity contribution is 1.17. The third-order valence-electron chi connectivity index (χ3n) is 10.0. The number of hydrogen-bond donors (Lipinski definition) is 0. The Balaban J connectivity index is 0.877. The molecular formula is C47H30N4. The molecule has 0 bridgehead atoms. The standard InChI is InChI=1S/C47H30N4/c1-3-7-44-40(5-1)42-30-48-27-25-46(42)50(44)38-21-17-36(18-22-38)34-13-9-32(10-14-34)29-33-11-15-35(16-12-33)37-19-23-39(24-20-37)51-45-8-4-2-6-41(45)43-31-49-28-26-47(43)51/h1-11,13-15,17-28,30-31H,29H2. The van der Waals surface area contributed by atoms with Gasteiger partial charge in [0.15, 0.2) is 0 Å². The molecule has 51 heavy (non-hydrogen) atoms. The molecule has 4 heteroatoms. The Morgan fingerprint density at radius 2 is 0.922 bits per heavy atom. The van der Waals surface area contributed by atoms with Crippen LogP contribution in [0.3, 0.4) is 0 Å². The van der Waals surface area contributed by atoms with Crippen LogP contribution in [0.15, 0.2) is 187 Å². The first kappa shape index (κ1) is 29.0. The second kappa shape index (κ2) is 11.9. The van der Waals surface area contributed by atoms with E-state index in [-0.39, 0.29) is 0 Å². The molecule has 5 aromatic carbocycles. The van der Waals surface area contributed by atoms with E-state index in [0.717, 1.165) is 50.9 Å². The minimum atomic E-state index is 0.806. The third-order valence-corrected chi connectivity index (χ3v) is 10.0. The minimum Gasteiger partial charge on any atom is -0.309 e. The van der Waals surface area contributed by atoms with Crippen LogP contribution in [-0.2, 0) is 6.42 Å². The highest BCUT2D eigenvalue weighted by Gasteiger charge is 2.14. The van der Waals surface area contributed by atoms with Gasteiger partial charge in [-0.1, -0.05) is 96.4 Å². The van der Waals surface area contributed by atoms with Crippen LogP contribution >= 0.6 is 0 Å². The van der Waals surface area contributed by atoms with Gasteiger partial charge in [-0.3, -0.25) is 9.97 Å². The van der Waals surface area contributed by atoms with E-state index in [4.69, 9.17) is 0 Å². The van der Waals surface area contributed by atoms with Gasteiger partial charge in [0.1, 0.15) is 0 Å². The second-order valence-electron chi connectivity index (χ2n) is 13.0. The maximum Gasteiger partial charge on any atom is 0.0571 e. The average molecular weight is 651 g/mol. The SMILES string of the molecule is C1=C=C(c2ccc(-n3c4ccccc4c4cnccc43)cc2)C=CC=1Cc1ccc(-c2ccc(-n3c4ccccc4c4cnccc43)cc2)cc1. The van der Waals surface area contributed by atoms with Crippen molar-refractivity contribution < 1.29 is 0 Å². The highest BCUT2D eigenvalue weighted by Crippen LogP contribution is 2.34. The zero-order chi connectivity index (χ0) is 33.7. The Hall–Kier alpha value is -6.96. The second-order valence-corrected chi connectivity index (χ2v) is 13.0. The van der Waals surface area contributed by atoms with Crippen LogP contribution in [0.5, 0.6) is 0 Å². The molecule has 0 saturated heterocycles. The monoisotopic (exact) mass is 650 g/mol. The van der Waals surface area contributed by atoms with Crippen molar-refractivity contribution in [1.82, 2.24) is 19.1 Å². The van der Waals surface area contributed by atoms with Gasteiger partial charge < -0.3 is 9.13 Å². The summed E-state index contributed by atoms with van der Waals surface area (Å²) < 4.78 is 4.62. The molecule has 0 atom stereocenters. The van der Waals surface area contributed by atoms with Crippen molar-refractivity contribution in [1.29, 1.82) is 0 Å². The molecule has 4 heterocycles. The lowest BCUT2D eigenvalue weighted by Gasteiger charge is -2.10. The van der Waals surface area contributed by atoms with Gasteiger partial charge in [-0.25, -0.2) is 0 Å². The quantitative estimate of drug-likeness (QED) is 0.168. The van der Waals surface area contributed by atoms with Crippen molar-refractivity contribution in [2.75, 3.05) is 0 Å². The number of rotatable bonds is 6. The zero-order valence-electron chi connectivity index (χ0n) is 27.7. The normalized spacial score (nSPS) is 12.6. The molecule has 1 aliphatic carbocycles. The summed E-state index contributed by atoms with van der Waals surface area (Å²) in [5, 5.41) is 4.75. The first-order valence-corrected chi connectivity index (χ1v) is 17.2. The molecule has 0 unspecified atom stereocenters. The van der Waals surface area contributed by atoms with Crippen LogP contribution in [0.1, 0.15) is 11.1 Å². The van der Waals surface area contributed by atoms with Crippen LogP contribution < -0.4 is 0 Å². The Labute approximate surface area is 294 Å². The average Bonchev–Trinajstić information content (AvgIpc) is 3.72. The van der Waals surface area contributed by atoms with Gasteiger partial charge >= 0.3 is 0 Å². The predicted molar refractivity (Wildman–Crippen MR) is 209 cm³/mol. The molecule has 4 aromatic heterocycles. The Morgan fingerprint density at radius 3 is 1.45 bits per heavy atom. The van der Waals surface area contributed by atoms with Crippen molar-refractivity contribution in [3.8, 4) is 22.5 Å². The Morgan fingerprint density at radius 1 is 0.431 bits per heavy atom. The van der Waals surface area contributed by atoms with Crippen LogP contribution in [0.25, 0.3) is 71.7 Å². The van der Waals surface area contributed by atoms with E-state index < -0.39 is 0 Å². The number of benzene rings is 5. The molecule has 0 amide bonds. The Bertz CT molecular complexity index is 2820. The molecule has 1 aliphatic rings. The summed E-state index contributed by atoms with van der Waals surface area (Å²) in [6, 6.07) is 47.6. The number of para-hydroxylation sites is 2. The van der Waals surface area contributed by atoms with Gasteiger partial charge in [-0.15, -0.1) is 0 Å². The first-order chi connectivity index (χ1) is 25.3. The molecule has 0 aliphatic heterocycles. The summed E-state index contributed by atoms with van der Waals surface area (Å²) in [5.41, 5.74) is 20.7. The van der Waals surface area contributed by atoms with E-state index in [1.54, 1.807) is 0 Å². The van der Waals surface area contributed by atoms with Crippen LogP contribution in [-0.4, -0.2) is 19.1 Å². The summed E-state index contributed by atoms with van der Waals surface area (Å²) in [5.74, 6) is 0. The van der Waals surface area contributed by atoms with Crippen molar-refractivity contribution in [2.45, 2.75) is 6.42 Å². The van der Waals surface area contributed by atoms with Gasteiger partial charge in [-0.05, 0) is 82.9 Å². The van der Waals surface area contributed by atoms with Crippen LogP contribution in [0, 0.1) is 0 Å². The number of nitrogens with zero attached hydrogens (tertiary/aromatic N) is 4. The third kappa shape index (κ3) is 4.95. The molecule has 0 radical (unpaired) electrons. The van der Waals surface area contributed by atoms with E-state index >= 15 is 0 Å². The molecule has 9 aromatic rings. The first-order valence-electron chi connectivity index (χ1n) is 17.2. The van der Waals surface area contributed by atoms with E-state index in [1.165, 1.54) is 43.9 Å². The highest BCUT2D eigenvalue weighted by atomic mass is 15.0. The largest absolute Gasteiger partial charge is 0.309 e. The molecular weight excluding hydrogens is 621 g/mol. The molecule has 0 spiro atoms. The molecule has 0 saturated carbocycles. The van der Waals surface area contributed by atoms with Gasteiger partial charge in [0.25, 0.3) is 0 Å². The lowest BCUT2D eigenvalue weighted by atomic mass is 9.97. The lowest BCUT2D eigenvalue weighted by Crippen LogP contribution is -1.94. The molecule has 4 nitrogen and oxygen atoms in total. The fraction of sp³-hybridized carbons (Fsp3) is 0.0213. The smallest absolute Gasteiger partial charge is 0.0571 e. The van der Waals surface area contributed by atoms with E-state index in [9.17, 15) is 0 Å². The molecule has 0 N–H and O–H groups in total. The highest BCUT2D eigenvalue weighted by molar-refractivity contribution is 6.09.